The molecular formula is C17H16N2O3S2. The van der Waals surface area contributed by atoms with Crippen molar-refractivity contribution in [3.8, 4) is 0 Å². The summed E-state index contributed by atoms with van der Waals surface area (Å²) in [5.74, 6) is -0.286. The van der Waals surface area contributed by atoms with Crippen molar-refractivity contribution < 1.29 is 13.2 Å². The van der Waals surface area contributed by atoms with Crippen LogP contribution in [-0.2, 0) is 20.4 Å². The molecule has 1 aliphatic heterocycles. The second-order valence-corrected chi connectivity index (χ2v) is 7.96. The molecule has 1 amide bonds. The van der Waals surface area contributed by atoms with Gasteiger partial charge in [0.05, 0.1) is 16.3 Å². The summed E-state index contributed by atoms with van der Waals surface area (Å²) in [6, 6.07) is 14.8. The van der Waals surface area contributed by atoms with Gasteiger partial charge in [-0.3, -0.25) is 9.69 Å². The summed E-state index contributed by atoms with van der Waals surface area (Å²) in [6.45, 7) is 1.73. The smallest absolute Gasteiger partial charge is 0.255 e. The number of hydrogen-bond donors (Lipinski definition) is 1. The van der Waals surface area contributed by atoms with Gasteiger partial charge in [-0.25, -0.2) is 8.42 Å². The number of benzene rings is 2. The van der Waals surface area contributed by atoms with Gasteiger partial charge in [-0.05, 0) is 49.0 Å². The van der Waals surface area contributed by atoms with E-state index in [2.05, 4.69) is 5.32 Å². The molecule has 1 atom stereocenters. The highest BCUT2D eigenvalue weighted by Crippen LogP contribution is 2.23. The highest BCUT2D eigenvalue weighted by atomic mass is 32.2. The lowest BCUT2D eigenvalue weighted by Gasteiger charge is -2.16. The van der Waals surface area contributed by atoms with E-state index in [0.717, 1.165) is 0 Å². The van der Waals surface area contributed by atoms with Crippen LogP contribution >= 0.6 is 12.2 Å². The number of carbonyl (C=O) groups excluding carboxylic acids is 1. The molecule has 0 aliphatic carbocycles. The molecule has 5 nitrogen and oxygen atoms in total. The third-order valence-electron chi connectivity index (χ3n) is 3.76. The number of hydrogen-bond acceptors (Lipinski definition) is 4. The zero-order valence-corrected chi connectivity index (χ0v) is 14.6. The van der Waals surface area contributed by atoms with Gasteiger partial charge >= 0.3 is 0 Å². The number of thiocarbonyl (C=S) groups is 1. The highest BCUT2D eigenvalue weighted by molar-refractivity contribution is 7.90. The summed E-state index contributed by atoms with van der Waals surface area (Å²) in [4.78, 5) is 13.9. The Morgan fingerprint density at radius 3 is 2.46 bits per heavy atom. The largest absolute Gasteiger partial charge is 0.350 e. The number of amides is 1. The number of rotatable bonds is 4. The van der Waals surface area contributed by atoms with E-state index in [1.54, 1.807) is 61.5 Å². The van der Waals surface area contributed by atoms with Gasteiger partial charge in [-0.1, -0.05) is 30.3 Å². The van der Waals surface area contributed by atoms with Gasteiger partial charge in [0.1, 0.15) is 6.04 Å². The van der Waals surface area contributed by atoms with Crippen LogP contribution in [0.2, 0.25) is 0 Å². The Morgan fingerprint density at radius 1 is 1.12 bits per heavy atom. The molecule has 0 spiro atoms. The number of nitrogens with zero attached hydrogens (tertiary/aromatic N) is 1. The Balaban J connectivity index is 1.89. The van der Waals surface area contributed by atoms with Crippen molar-refractivity contribution >= 4 is 38.8 Å². The van der Waals surface area contributed by atoms with Crippen molar-refractivity contribution in [2.24, 2.45) is 0 Å². The van der Waals surface area contributed by atoms with E-state index in [1.165, 1.54) is 4.90 Å². The van der Waals surface area contributed by atoms with Gasteiger partial charge in [0.15, 0.2) is 14.9 Å². The number of carbonyl (C=O) groups is 1. The normalized spacial score (nSPS) is 17.9. The minimum atomic E-state index is -3.44. The molecule has 7 heteroatoms. The van der Waals surface area contributed by atoms with E-state index in [4.69, 9.17) is 12.2 Å². The zero-order chi connectivity index (χ0) is 17.3. The van der Waals surface area contributed by atoms with Crippen LogP contribution in [0.25, 0.3) is 0 Å². The topological polar surface area (TPSA) is 66.5 Å². The number of sulfone groups is 1. The van der Waals surface area contributed by atoms with E-state index in [9.17, 15) is 13.2 Å². The van der Waals surface area contributed by atoms with Gasteiger partial charge in [0, 0.05) is 0 Å². The molecular weight excluding hydrogens is 344 g/mol. The number of nitrogens with one attached hydrogen (secondary N) is 1. The molecule has 24 heavy (non-hydrogen) atoms. The molecule has 1 saturated heterocycles. The summed E-state index contributed by atoms with van der Waals surface area (Å²) in [7, 11) is -3.44. The molecule has 1 heterocycles. The van der Waals surface area contributed by atoms with Crippen LogP contribution in [0, 0.1) is 0 Å². The van der Waals surface area contributed by atoms with Crippen LogP contribution in [0.4, 0.5) is 5.69 Å². The maximum Gasteiger partial charge on any atom is 0.255 e. The average Bonchev–Trinajstić information content (AvgIpc) is 2.80. The van der Waals surface area contributed by atoms with Crippen LogP contribution < -0.4 is 10.2 Å². The van der Waals surface area contributed by atoms with Crippen molar-refractivity contribution in [1.82, 2.24) is 5.32 Å². The third-order valence-corrected chi connectivity index (χ3v) is 5.77. The van der Waals surface area contributed by atoms with Crippen molar-refractivity contribution in [3.63, 3.8) is 0 Å². The van der Waals surface area contributed by atoms with Gasteiger partial charge < -0.3 is 5.32 Å². The van der Waals surface area contributed by atoms with Crippen LogP contribution in [0.3, 0.4) is 0 Å². The summed E-state index contributed by atoms with van der Waals surface area (Å²) in [5, 5.41) is 3.23. The summed E-state index contributed by atoms with van der Waals surface area (Å²) in [5.41, 5.74) is 1.18. The molecule has 2 aromatic rings. The first kappa shape index (κ1) is 16.6. The fraction of sp³-hybridized carbons (Fsp3) is 0.176. The van der Waals surface area contributed by atoms with Crippen molar-refractivity contribution in [1.29, 1.82) is 0 Å². The molecule has 0 aromatic heterocycles. The Morgan fingerprint density at radius 2 is 1.83 bits per heavy atom. The Bertz CT molecular complexity index is 895. The van der Waals surface area contributed by atoms with E-state index in [-0.39, 0.29) is 22.6 Å². The standard InChI is InChI=1S/C17H16N2O3S2/c1-12-16(20)19(17(23)18-12)14-7-5-6-13(10-14)11-24(21,22)15-8-3-2-4-9-15/h2-10,12H,11H2,1H3,(H,18,23)/t12-/m0/s1. The first-order chi connectivity index (χ1) is 11.4. The molecule has 124 valence electrons. The van der Waals surface area contributed by atoms with Crippen molar-refractivity contribution in [2.45, 2.75) is 23.6 Å². The van der Waals surface area contributed by atoms with E-state index in [0.29, 0.717) is 16.4 Å². The number of anilines is 1. The maximum absolute atomic E-state index is 12.5. The van der Waals surface area contributed by atoms with Crippen LogP contribution in [0.1, 0.15) is 12.5 Å². The second-order valence-electron chi connectivity index (χ2n) is 5.59. The third kappa shape index (κ3) is 3.18. The van der Waals surface area contributed by atoms with Crippen molar-refractivity contribution in [2.75, 3.05) is 4.90 Å². The molecule has 0 unspecified atom stereocenters. The van der Waals surface area contributed by atoms with Gasteiger partial charge in [0.25, 0.3) is 5.91 Å². The molecule has 1 aliphatic rings. The first-order valence-corrected chi connectivity index (χ1v) is 9.46. The zero-order valence-electron chi connectivity index (χ0n) is 13.0. The quantitative estimate of drug-likeness (QED) is 0.848. The molecule has 0 bridgehead atoms. The highest BCUT2D eigenvalue weighted by Gasteiger charge is 2.33. The van der Waals surface area contributed by atoms with Crippen LogP contribution in [-0.4, -0.2) is 25.5 Å². The lowest BCUT2D eigenvalue weighted by molar-refractivity contribution is -0.117. The SMILES string of the molecule is C[C@@H]1NC(=S)N(c2cccc(CS(=O)(=O)c3ccccc3)c2)C1=O. The molecule has 3 rings (SSSR count). The van der Waals surface area contributed by atoms with Crippen molar-refractivity contribution in [3.05, 3.63) is 60.2 Å². The monoisotopic (exact) mass is 360 g/mol. The minimum absolute atomic E-state index is 0.136. The minimum Gasteiger partial charge on any atom is -0.350 e. The van der Waals surface area contributed by atoms with Gasteiger partial charge in [-0.15, -0.1) is 0 Å². The Kier molecular flexibility index (Phi) is 4.38. The maximum atomic E-state index is 12.5. The fourth-order valence-corrected chi connectivity index (χ4v) is 4.29. The second kappa shape index (κ2) is 6.33. The van der Waals surface area contributed by atoms with Crippen LogP contribution in [0.5, 0.6) is 0 Å². The predicted molar refractivity (Wildman–Crippen MR) is 96.5 cm³/mol. The van der Waals surface area contributed by atoms with Gasteiger partial charge in [0.2, 0.25) is 0 Å². The van der Waals surface area contributed by atoms with Gasteiger partial charge in [-0.2, -0.15) is 0 Å². The fourth-order valence-electron chi connectivity index (χ4n) is 2.57. The molecule has 0 saturated carbocycles. The van der Waals surface area contributed by atoms with E-state index in [1.807, 2.05) is 0 Å². The Labute approximate surface area is 146 Å². The van der Waals surface area contributed by atoms with Crippen LogP contribution in [0.15, 0.2) is 59.5 Å². The molecule has 2 aromatic carbocycles. The average molecular weight is 360 g/mol. The summed E-state index contributed by atoms with van der Waals surface area (Å²) in [6.07, 6.45) is 0. The van der Waals surface area contributed by atoms with E-state index < -0.39 is 9.84 Å². The molecule has 1 fully saturated rings. The Hall–Kier alpha value is -2.25. The summed E-state index contributed by atoms with van der Waals surface area (Å²) >= 11 is 5.18. The first-order valence-electron chi connectivity index (χ1n) is 7.40. The molecule has 1 N–H and O–H groups in total. The predicted octanol–water partition coefficient (Wildman–Crippen LogP) is 2.27. The van der Waals surface area contributed by atoms with E-state index >= 15 is 0 Å². The molecule has 0 radical (unpaired) electrons. The summed E-state index contributed by atoms with van der Waals surface area (Å²) < 4.78 is 25.0. The lowest BCUT2D eigenvalue weighted by Crippen LogP contribution is -2.30. The lowest BCUT2D eigenvalue weighted by atomic mass is 10.2.